The van der Waals surface area contributed by atoms with E-state index in [1.54, 1.807) is 0 Å². The second-order valence-electron chi connectivity index (χ2n) is 6.86. The Hall–Kier alpha value is -1.61. The Morgan fingerprint density at radius 1 is 1.17 bits per heavy atom. The number of fused-ring (bicyclic) bond motifs is 1. The quantitative estimate of drug-likeness (QED) is 0.845. The maximum Gasteiger partial charge on any atom is 0.166 e. The SMILES string of the molecule is O=C1C[C@H](c2cccc(Cl)c2)CC2=C1C=N[C@H]1CCCC[C@@H]1N2. The number of rotatable bonds is 1. The smallest absolute Gasteiger partial charge is 0.166 e. The highest BCUT2D eigenvalue weighted by Crippen LogP contribution is 2.36. The van der Waals surface area contributed by atoms with E-state index in [2.05, 4.69) is 11.4 Å². The van der Waals surface area contributed by atoms with Crippen molar-refractivity contribution in [2.24, 2.45) is 4.99 Å². The number of allylic oxidation sites excluding steroid dienone is 2. The van der Waals surface area contributed by atoms with Gasteiger partial charge in [0.25, 0.3) is 0 Å². The molecule has 0 radical (unpaired) electrons. The molecular weight excluding hydrogens is 308 g/mol. The van der Waals surface area contributed by atoms with E-state index in [4.69, 9.17) is 16.6 Å². The Balaban J connectivity index is 1.62. The number of halogens is 1. The molecule has 0 aromatic heterocycles. The highest BCUT2D eigenvalue weighted by molar-refractivity contribution is 6.30. The number of aliphatic imine (C=N–C) groups is 1. The van der Waals surface area contributed by atoms with Crippen molar-refractivity contribution in [2.75, 3.05) is 0 Å². The van der Waals surface area contributed by atoms with Gasteiger partial charge >= 0.3 is 0 Å². The fourth-order valence-electron chi connectivity index (χ4n) is 4.07. The monoisotopic (exact) mass is 328 g/mol. The van der Waals surface area contributed by atoms with Crippen molar-refractivity contribution < 1.29 is 4.79 Å². The summed E-state index contributed by atoms with van der Waals surface area (Å²) in [5.41, 5.74) is 3.04. The van der Waals surface area contributed by atoms with Crippen molar-refractivity contribution in [2.45, 2.75) is 56.5 Å². The highest BCUT2D eigenvalue weighted by Gasteiger charge is 2.33. The summed E-state index contributed by atoms with van der Waals surface area (Å²) in [6, 6.07) is 8.61. The van der Waals surface area contributed by atoms with Crippen LogP contribution in [-0.2, 0) is 4.79 Å². The standard InChI is InChI=1S/C19H21ClN2O/c20-14-5-3-4-12(8-14)13-9-18-15(19(23)10-13)11-21-16-6-1-2-7-17(16)22-18/h3-5,8,11,13,16-17,22H,1-2,6-7,9-10H2/t13-,16+,17+/m1/s1. The Labute approximate surface area is 141 Å². The Kier molecular flexibility index (Phi) is 3.98. The highest BCUT2D eigenvalue weighted by atomic mass is 35.5. The lowest BCUT2D eigenvalue weighted by Gasteiger charge is -2.32. The number of nitrogens with zero attached hydrogens (tertiary/aromatic N) is 1. The number of nitrogens with one attached hydrogen (secondary N) is 1. The minimum atomic E-state index is 0.200. The topological polar surface area (TPSA) is 41.5 Å². The van der Waals surface area contributed by atoms with Crippen molar-refractivity contribution in [3.8, 4) is 0 Å². The van der Waals surface area contributed by atoms with Gasteiger partial charge in [-0.3, -0.25) is 9.79 Å². The molecule has 23 heavy (non-hydrogen) atoms. The zero-order chi connectivity index (χ0) is 15.8. The average Bonchev–Trinajstić information content (AvgIpc) is 2.74. The molecule has 3 nitrogen and oxygen atoms in total. The first-order chi connectivity index (χ1) is 11.2. The average molecular weight is 329 g/mol. The maximum atomic E-state index is 12.6. The van der Waals surface area contributed by atoms with E-state index in [9.17, 15) is 4.79 Å². The van der Waals surface area contributed by atoms with E-state index < -0.39 is 0 Å². The lowest BCUT2D eigenvalue weighted by atomic mass is 9.81. The van der Waals surface area contributed by atoms with Crippen LogP contribution in [0.5, 0.6) is 0 Å². The molecule has 2 aliphatic carbocycles. The Bertz CT molecular complexity index is 694. The third-order valence-corrected chi connectivity index (χ3v) is 5.55. The summed E-state index contributed by atoms with van der Waals surface area (Å²) >= 11 is 6.12. The summed E-state index contributed by atoms with van der Waals surface area (Å²) in [5.74, 6) is 0.409. The van der Waals surface area contributed by atoms with Crippen molar-refractivity contribution in [1.29, 1.82) is 0 Å². The third kappa shape index (κ3) is 2.94. The molecule has 3 atom stereocenters. The van der Waals surface area contributed by atoms with E-state index in [1.807, 2.05) is 24.4 Å². The summed E-state index contributed by atoms with van der Waals surface area (Å²) < 4.78 is 0. The van der Waals surface area contributed by atoms with Gasteiger partial charge in [0, 0.05) is 29.4 Å². The summed E-state index contributed by atoms with van der Waals surface area (Å²) in [7, 11) is 0. The first-order valence-electron chi connectivity index (χ1n) is 8.52. The van der Waals surface area contributed by atoms with E-state index in [-0.39, 0.29) is 11.7 Å². The van der Waals surface area contributed by atoms with Gasteiger partial charge in [0.2, 0.25) is 0 Å². The molecule has 0 bridgehead atoms. The van der Waals surface area contributed by atoms with E-state index in [0.717, 1.165) is 41.1 Å². The Morgan fingerprint density at radius 3 is 2.91 bits per heavy atom. The molecule has 1 aromatic carbocycles. The van der Waals surface area contributed by atoms with Gasteiger partial charge in [0.15, 0.2) is 5.78 Å². The molecule has 1 heterocycles. The normalized spacial score (nSPS) is 30.3. The molecule has 4 heteroatoms. The van der Waals surface area contributed by atoms with Gasteiger partial charge in [-0.25, -0.2) is 0 Å². The molecule has 4 rings (SSSR count). The van der Waals surface area contributed by atoms with Crippen molar-refractivity contribution >= 4 is 23.6 Å². The van der Waals surface area contributed by atoms with Crippen LogP contribution < -0.4 is 5.32 Å². The fourth-order valence-corrected chi connectivity index (χ4v) is 4.26. The predicted octanol–water partition coefficient (Wildman–Crippen LogP) is 4.03. The van der Waals surface area contributed by atoms with Crippen LogP contribution in [0.3, 0.4) is 0 Å². The minimum Gasteiger partial charge on any atom is -0.383 e. The predicted molar refractivity (Wildman–Crippen MR) is 93.1 cm³/mol. The van der Waals surface area contributed by atoms with Crippen LogP contribution in [0.2, 0.25) is 5.02 Å². The van der Waals surface area contributed by atoms with Gasteiger partial charge < -0.3 is 5.32 Å². The van der Waals surface area contributed by atoms with Crippen LogP contribution >= 0.6 is 11.6 Å². The van der Waals surface area contributed by atoms with Crippen LogP contribution in [-0.4, -0.2) is 24.1 Å². The van der Waals surface area contributed by atoms with Crippen LogP contribution in [0.15, 0.2) is 40.5 Å². The molecule has 1 aromatic rings. The molecule has 1 aliphatic heterocycles. The van der Waals surface area contributed by atoms with Crippen LogP contribution in [0.4, 0.5) is 0 Å². The minimum absolute atomic E-state index is 0.200. The number of carbonyl (C=O) groups is 1. The Morgan fingerprint density at radius 2 is 2.04 bits per heavy atom. The number of benzene rings is 1. The summed E-state index contributed by atoms with van der Waals surface area (Å²) in [5, 5.41) is 4.40. The van der Waals surface area contributed by atoms with Crippen LogP contribution in [0.1, 0.15) is 50.0 Å². The molecule has 0 spiro atoms. The number of carbonyl (C=O) groups excluding carboxylic acids is 1. The summed E-state index contributed by atoms with van der Waals surface area (Å²) in [6.07, 6.45) is 8.02. The fraction of sp³-hybridized carbons (Fsp3) is 0.474. The van der Waals surface area contributed by atoms with Crippen LogP contribution in [0.25, 0.3) is 0 Å². The second kappa shape index (κ2) is 6.12. The van der Waals surface area contributed by atoms with E-state index in [0.29, 0.717) is 18.5 Å². The van der Waals surface area contributed by atoms with Gasteiger partial charge in [-0.2, -0.15) is 0 Å². The van der Waals surface area contributed by atoms with Crippen molar-refractivity contribution in [3.05, 3.63) is 46.1 Å². The molecule has 0 unspecified atom stereocenters. The zero-order valence-corrected chi connectivity index (χ0v) is 13.9. The summed E-state index contributed by atoms with van der Waals surface area (Å²) in [6.45, 7) is 0. The molecule has 0 amide bonds. The molecule has 120 valence electrons. The molecule has 1 N–H and O–H groups in total. The second-order valence-corrected chi connectivity index (χ2v) is 7.29. The van der Waals surface area contributed by atoms with Gasteiger partial charge in [0.05, 0.1) is 11.6 Å². The maximum absolute atomic E-state index is 12.6. The van der Waals surface area contributed by atoms with Crippen molar-refractivity contribution in [1.82, 2.24) is 5.32 Å². The van der Waals surface area contributed by atoms with E-state index in [1.165, 1.54) is 12.8 Å². The molecule has 1 saturated carbocycles. The lowest BCUT2D eigenvalue weighted by molar-refractivity contribution is -0.115. The largest absolute Gasteiger partial charge is 0.383 e. The number of Topliss-reactive ketones (excluding diaryl/α,β-unsaturated/α-hetero) is 1. The lowest BCUT2D eigenvalue weighted by Crippen LogP contribution is -2.41. The zero-order valence-electron chi connectivity index (χ0n) is 13.1. The van der Waals surface area contributed by atoms with E-state index >= 15 is 0 Å². The first kappa shape index (κ1) is 14.9. The van der Waals surface area contributed by atoms with Crippen LogP contribution in [0, 0.1) is 0 Å². The first-order valence-corrected chi connectivity index (χ1v) is 8.90. The van der Waals surface area contributed by atoms with Gasteiger partial charge in [-0.15, -0.1) is 0 Å². The third-order valence-electron chi connectivity index (χ3n) is 5.31. The summed E-state index contributed by atoms with van der Waals surface area (Å²) in [4.78, 5) is 17.3. The van der Waals surface area contributed by atoms with Gasteiger partial charge in [-0.05, 0) is 42.9 Å². The molecular formula is C19H21ClN2O. The van der Waals surface area contributed by atoms with Crippen molar-refractivity contribution in [3.63, 3.8) is 0 Å². The molecule has 0 saturated heterocycles. The molecule has 3 aliphatic rings. The number of hydrogen-bond donors (Lipinski definition) is 1. The van der Waals surface area contributed by atoms with Gasteiger partial charge in [0.1, 0.15) is 0 Å². The van der Waals surface area contributed by atoms with Gasteiger partial charge in [-0.1, -0.05) is 36.6 Å². The molecule has 1 fully saturated rings. The number of hydrogen-bond acceptors (Lipinski definition) is 3. The number of ketones is 1.